The maximum absolute atomic E-state index is 11.7. The highest BCUT2D eigenvalue weighted by molar-refractivity contribution is 5.94. The molecule has 0 saturated carbocycles. The minimum Gasteiger partial charge on any atom is -0.478 e. The summed E-state index contributed by atoms with van der Waals surface area (Å²) in [4.78, 5) is 26.6. The summed E-state index contributed by atoms with van der Waals surface area (Å²) in [7, 11) is 0. The molecule has 1 rings (SSSR count). The molecule has 6 nitrogen and oxygen atoms in total. The monoisotopic (exact) mass is 265 g/mol. The number of hydrogen-bond donors (Lipinski definition) is 3. The van der Waals surface area contributed by atoms with Gasteiger partial charge in [0.2, 0.25) is 5.91 Å². The van der Waals surface area contributed by atoms with Gasteiger partial charge in [-0.3, -0.25) is 9.78 Å². The number of hydrogen-bond acceptors (Lipinski definition) is 4. The third-order valence-electron chi connectivity index (χ3n) is 2.22. The van der Waals surface area contributed by atoms with Gasteiger partial charge in [0.05, 0.1) is 12.2 Å². The molecule has 0 saturated heterocycles. The Kier molecular flexibility index (Phi) is 4.47. The van der Waals surface area contributed by atoms with Crippen molar-refractivity contribution in [3.8, 4) is 0 Å². The Hall–Kier alpha value is -2.11. The van der Waals surface area contributed by atoms with Crippen LogP contribution in [0, 0.1) is 6.92 Å². The number of amides is 1. The van der Waals surface area contributed by atoms with E-state index in [-0.39, 0.29) is 23.6 Å². The SMILES string of the molecule is Cc1cc(NCC(=O)NC(C)(C)C)c(C(=O)O)cn1. The number of anilines is 1. The van der Waals surface area contributed by atoms with Crippen molar-refractivity contribution >= 4 is 17.6 Å². The quantitative estimate of drug-likeness (QED) is 0.765. The van der Waals surface area contributed by atoms with Crippen LogP contribution >= 0.6 is 0 Å². The van der Waals surface area contributed by atoms with Crippen molar-refractivity contribution in [2.45, 2.75) is 33.2 Å². The first-order chi connectivity index (χ1) is 8.69. The lowest BCUT2D eigenvalue weighted by Gasteiger charge is -2.21. The van der Waals surface area contributed by atoms with Crippen molar-refractivity contribution in [1.29, 1.82) is 0 Å². The average Bonchev–Trinajstić information content (AvgIpc) is 2.23. The number of pyridine rings is 1. The first kappa shape index (κ1) is 14.9. The molecule has 1 aromatic rings. The van der Waals surface area contributed by atoms with Crippen molar-refractivity contribution in [3.63, 3.8) is 0 Å². The van der Waals surface area contributed by atoms with E-state index in [1.54, 1.807) is 13.0 Å². The van der Waals surface area contributed by atoms with E-state index in [2.05, 4.69) is 15.6 Å². The number of nitrogens with zero attached hydrogens (tertiary/aromatic N) is 1. The van der Waals surface area contributed by atoms with Gasteiger partial charge >= 0.3 is 5.97 Å². The highest BCUT2D eigenvalue weighted by Crippen LogP contribution is 2.15. The number of aromatic nitrogens is 1. The number of carbonyl (C=O) groups is 2. The molecular weight excluding hydrogens is 246 g/mol. The minimum atomic E-state index is -1.08. The summed E-state index contributed by atoms with van der Waals surface area (Å²) in [6.07, 6.45) is 1.28. The molecule has 0 aromatic carbocycles. The van der Waals surface area contributed by atoms with Gasteiger partial charge in [0.25, 0.3) is 0 Å². The van der Waals surface area contributed by atoms with Crippen molar-refractivity contribution in [2.24, 2.45) is 0 Å². The maximum Gasteiger partial charge on any atom is 0.339 e. The topological polar surface area (TPSA) is 91.3 Å². The van der Waals surface area contributed by atoms with Crippen LogP contribution in [0.25, 0.3) is 0 Å². The fourth-order valence-electron chi connectivity index (χ4n) is 1.51. The zero-order valence-corrected chi connectivity index (χ0v) is 11.6. The fourth-order valence-corrected chi connectivity index (χ4v) is 1.51. The summed E-state index contributed by atoms with van der Waals surface area (Å²) in [6.45, 7) is 7.41. The lowest BCUT2D eigenvalue weighted by molar-refractivity contribution is -0.120. The third kappa shape index (κ3) is 4.95. The van der Waals surface area contributed by atoms with Gasteiger partial charge in [-0.15, -0.1) is 0 Å². The number of nitrogens with one attached hydrogen (secondary N) is 2. The van der Waals surface area contributed by atoms with E-state index < -0.39 is 5.97 Å². The van der Waals surface area contributed by atoms with Crippen molar-refractivity contribution < 1.29 is 14.7 Å². The third-order valence-corrected chi connectivity index (χ3v) is 2.22. The van der Waals surface area contributed by atoms with E-state index >= 15 is 0 Å². The summed E-state index contributed by atoms with van der Waals surface area (Å²) < 4.78 is 0. The molecule has 0 aliphatic heterocycles. The predicted molar refractivity (Wildman–Crippen MR) is 72.3 cm³/mol. The van der Waals surface area contributed by atoms with Gasteiger partial charge in [0, 0.05) is 17.4 Å². The Morgan fingerprint density at radius 3 is 2.53 bits per heavy atom. The second kappa shape index (κ2) is 5.69. The van der Waals surface area contributed by atoms with Gasteiger partial charge in [-0.2, -0.15) is 0 Å². The second-order valence-corrected chi connectivity index (χ2v) is 5.33. The van der Waals surface area contributed by atoms with Gasteiger partial charge in [-0.25, -0.2) is 4.79 Å². The average molecular weight is 265 g/mol. The van der Waals surface area contributed by atoms with Gasteiger partial charge in [-0.1, -0.05) is 0 Å². The Morgan fingerprint density at radius 2 is 2.00 bits per heavy atom. The zero-order chi connectivity index (χ0) is 14.6. The summed E-state index contributed by atoms with van der Waals surface area (Å²) >= 11 is 0. The first-order valence-corrected chi connectivity index (χ1v) is 5.94. The molecule has 0 unspecified atom stereocenters. The molecular formula is C13H19N3O3. The largest absolute Gasteiger partial charge is 0.478 e. The summed E-state index contributed by atoms with van der Waals surface area (Å²) in [5.74, 6) is -1.27. The molecule has 6 heteroatoms. The number of carboxylic acid groups (broad SMARTS) is 1. The van der Waals surface area contributed by atoms with Crippen LogP contribution < -0.4 is 10.6 Å². The van der Waals surface area contributed by atoms with Gasteiger partial charge in [0.15, 0.2) is 0 Å². The van der Waals surface area contributed by atoms with E-state index in [4.69, 9.17) is 5.11 Å². The minimum absolute atomic E-state index is 0.0149. The van der Waals surface area contributed by atoms with Crippen LogP contribution in [0.2, 0.25) is 0 Å². The summed E-state index contributed by atoms with van der Waals surface area (Å²) in [5, 5.41) is 14.6. The van der Waals surface area contributed by atoms with E-state index in [0.717, 1.165) is 0 Å². The molecule has 1 heterocycles. The molecule has 19 heavy (non-hydrogen) atoms. The number of carbonyl (C=O) groups excluding carboxylic acids is 1. The molecule has 1 amide bonds. The summed E-state index contributed by atoms with van der Waals surface area (Å²) in [6, 6.07) is 1.60. The molecule has 0 aliphatic rings. The van der Waals surface area contributed by atoms with Crippen LogP contribution in [0.4, 0.5) is 5.69 Å². The molecule has 1 aromatic heterocycles. The highest BCUT2D eigenvalue weighted by atomic mass is 16.4. The van der Waals surface area contributed by atoms with Crippen LogP contribution in [0.15, 0.2) is 12.3 Å². The molecule has 0 spiro atoms. The highest BCUT2D eigenvalue weighted by Gasteiger charge is 2.15. The molecule has 3 N–H and O–H groups in total. The maximum atomic E-state index is 11.7. The van der Waals surface area contributed by atoms with Crippen LogP contribution in [0.3, 0.4) is 0 Å². The van der Waals surface area contributed by atoms with Crippen molar-refractivity contribution in [3.05, 3.63) is 23.5 Å². The molecule has 0 fully saturated rings. The van der Waals surface area contributed by atoms with Crippen LogP contribution in [-0.2, 0) is 4.79 Å². The number of carboxylic acids is 1. The van der Waals surface area contributed by atoms with Crippen molar-refractivity contribution in [1.82, 2.24) is 10.3 Å². The second-order valence-electron chi connectivity index (χ2n) is 5.33. The first-order valence-electron chi connectivity index (χ1n) is 5.94. The van der Waals surface area contributed by atoms with E-state index in [1.807, 2.05) is 20.8 Å². The predicted octanol–water partition coefficient (Wildman–Crippen LogP) is 1.41. The van der Waals surface area contributed by atoms with Gasteiger partial charge in [-0.05, 0) is 33.8 Å². The van der Waals surface area contributed by atoms with Gasteiger partial charge in [0.1, 0.15) is 5.56 Å². The standard InChI is InChI=1S/C13H19N3O3/c1-8-5-10(9(6-14-8)12(18)19)15-7-11(17)16-13(2,3)4/h5-6H,7H2,1-4H3,(H,14,15)(H,16,17)(H,18,19). The van der Waals surface area contributed by atoms with Crippen LogP contribution in [-0.4, -0.2) is 34.1 Å². The van der Waals surface area contributed by atoms with Crippen molar-refractivity contribution in [2.75, 3.05) is 11.9 Å². The van der Waals surface area contributed by atoms with Gasteiger partial charge < -0.3 is 15.7 Å². The van der Waals surface area contributed by atoms with E-state index in [0.29, 0.717) is 11.4 Å². The van der Waals surface area contributed by atoms with Crippen LogP contribution in [0.5, 0.6) is 0 Å². The Morgan fingerprint density at radius 1 is 1.37 bits per heavy atom. The Bertz CT molecular complexity index is 492. The number of rotatable bonds is 4. The summed E-state index contributed by atoms with van der Waals surface area (Å²) in [5.41, 5.74) is 0.810. The lowest BCUT2D eigenvalue weighted by atomic mass is 10.1. The molecule has 0 bridgehead atoms. The molecule has 0 radical (unpaired) electrons. The zero-order valence-electron chi connectivity index (χ0n) is 11.6. The Labute approximate surface area is 112 Å². The fraction of sp³-hybridized carbons (Fsp3) is 0.462. The molecule has 0 aliphatic carbocycles. The Balaban J connectivity index is 2.75. The normalized spacial score (nSPS) is 10.9. The van der Waals surface area contributed by atoms with E-state index in [9.17, 15) is 9.59 Å². The smallest absolute Gasteiger partial charge is 0.339 e. The number of aryl methyl sites for hydroxylation is 1. The van der Waals surface area contributed by atoms with Crippen LogP contribution in [0.1, 0.15) is 36.8 Å². The molecule has 0 atom stereocenters. The molecule has 104 valence electrons. The lowest BCUT2D eigenvalue weighted by Crippen LogP contribution is -2.43. The number of aromatic carboxylic acids is 1. The van der Waals surface area contributed by atoms with E-state index in [1.165, 1.54) is 6.20 Å².